The number of nitrogens with one attached hydrogen (secondary N) is 1. The highest BCUT2D eigenvalue weighted by atomic mass is 16.1. The number of pyridine rings is 1. The van der Waals surface area contributed by atoms with Gasteiger partial charge in [-0.2, -0.15) is 0 Å². The molecule has 0 fully saturated rings. The number of para-hydroxylation sites is 1. The van der Waals surface area contributed by atoms with Crippen LogP contribution in [0.15, 0.2) is 47.5 Å². The zero-order valence-corrected chi connectivity index (χ0v) is 12.2. The summed E-state index contributed by atoms with van der Waals surface area (Å²) in [5.41, 5.74) is 1.95. The van der Waals surface area contributed by atoms with E-state index in [4.69, 9.17) is 0 Å². The molecule has 2 aromatic heterocycles. The van der Waals surface area contributed by atoms with Gasteiger partial charge in [0.2, 0.25) is 0 Å². The highest BCUT2D eigenvalue weighted by Gasteiger charge is 2.09. The first-order valence-electron chi connectivity index (χ1n) is 7.03. The van der Waals surface area contributed by atoms with Crippen molar-refractivity contribution in [1.29, 1.82) is 0 Å². The molecule has 0 radical (unpaired) electrons. The van der Waals surface area contributed by atoms with Crippen molar-refractivity contribution in [2.24, 2.45) is 7.05 Å². The molecule has 0 atom stereocenters. The van der Waals surface area contributed by atoms with Crippen molar-refractivity contribution in [2.75, 3.05) is 11.9 Å². The lowest BCUT2D eigenvalue weighted by Crippen LogP contribution is -2.22. The summed E-state index contributed by atoms with van der Waals surface area (Å²) >= 11 is 0. The molecule has 0 spiro atoms. The minimum atomic E-state index is -0.0226. The smallest absolute Gasteiger partial charge is 0.328 e. The lowest BCUT2D eigenvalue weighted by atomic mass is 10.1. The van der Waals surface area contributed by atoms with Crippen LogP contribution < -0.4 is 11.0 Å². The molecular weight excluding hydrogens is 264 g/mol. The molecule has 1 aromatic carbocycles. The van der Waals surface area contributed by atoms with Crippen molar-refractivity contribution >= 4 is 16.7 Å². The molecule has 5 heteroatoms. The Kier molecular flexibility index (Phi) is 3.48. The number of aromatic nitrogens is 3. The van der Waals surface area contributed by atoms with E-state index in [1.807, 2.05) is 31.2 Å². The third kappa shape index (κ3) is 2.54. The van der Waals surface area contributed by atoms with E-state index in [9.17, 15) is 4.79 Å². The summed E-state index contributed by atoms with van der Waals surface area (Å²) in [5.74, 6) is 0.840. The van der Waals surface area contributed by atoms with Gasteiger partial charge in [0, 0.05) is 36.9 Å². The minimum Gasteiger partial charge on any atom is -0.370 e. The monoisotopic (exact) mass is 282 g/mol. The van der Waals surface area contributed by atoms with Gasteiger partial charge in [-0.05, 0) is 19.1 Å². The largest absolute Gasteiger partial charge is 0.370 e. The van der Waals surface area contributed by atoms with Gasteiger partial charge in [0.1, 0.15) is 5.82 Å². The van der Waals surface area contributed by atoms with Crippen molar-refractivity contribution < 1.29 is 0 Å². The average molecular weight is 282 g/mol. The van der Waals surface area contributed by atoms with E-state index in [1.165, 1.54) is 0 Å². The number of benzene rings is 1. The van der Waals surface area contributed by atoms with Crippen LogP contribution in [-0.4, -0.2) is 20.7 Å². The van der Waals surface area contributed by atoms with E-state index in [0.717, 1.165) is 28.8 Å². The van der Waals surface area contributed by atoms with Crippen LogP contribution in [0.1, 0.15) is 12.5 Å². The third-order valence-electron chi connectivity index (χ3n) is 3.51. The van der Waals surface area contributed by atoms with E-state index in [0.29, 0.717) is 6.54 Å². The highest BCUT2D eigenvalue weighted by Crippen LogP contribution is 2.21. The van der Waals surface area contributed by atoms with Crippen molar-refractivity contribution in [3.8, 4) is 0 Å². The van der Waals surface area contributed by atoms with Crippen molar-refractivity contribution in [2.45, 2.75) is 13.5 Å². The zero-order chi connectivity index (χ0) is 14.8. The third-order valence-corrected chi connectivity index (χ3v) is 3.51. The lowest BCUT2D eigenvalue weighted by Gasteiger charge is -2.11. The second-order valence-corrected chi connectivity index (χ2v) is 5.04. The molecule has 0 unspecified atom stereocenters. The number of fused-ring (bicyclic) bond motifs is 1. The molecule has 0 aliphatic heterocycles. The fraction of sp³-hybridized carbons (Fsp3) is 0.250. The van der Waals surface area contributed by atoms with Crippen molar-refractivity contribution in [3.63, 3.8) is 0 Å². The summed E-state index contributed by atoms with van der Waals surface area (Å²) in [4.78, 5) is 16.7. The molecule has 108 valence electrons. The van der Waals surface area contributed by atoms with Crippen LogP contribution >= 0.6 is 0 Å². The first-order chi connectivity index (χ1) is 10.2. The summed E-state index contributed by atoms with van der Waals surface area (Å²) < 4.78 is 3.26. The van der Waals surface area contributed by atoms with Crippen LogP contribution in [0.3, 0.4) is 0 Å². The van der Waals surface area contributed by atoms with Gasteiger partial charge in [0.05, 0.1) is 12.1 Å². The molecule has 2 heterocycles. The van der Waals surface area contributed by atoms with Gasteiger partial charge < -0.3 is 9.88 Å². The average Bonchev–Trinajstić information content (AvgIpc) is 2.80. The number of imidazole rings is 1. The Morgan fingerprint density at radius 1 is 1.24 bits per heavy atom. The Morgan fingerprint density at radius 2 is 2.05 bits per heavy atom. The van der Waals surface area contributed by atoms with Crippen LogP contribution in [0, 0.1) is 0 Å². The predicted molar refractivity (Wildman–Crippen MR) is 84.7 cm³/mol. The number of nitrogens with zero attached hydrogens (tertiary/aromatic N) is 3. The Hall–Kier alpha value is -2.56. The van der Waals surface area contributed by atoms with Crippen molar-refractivity contribution in [1.82, 2.24) is 14.1 Å². The second-order valence-electron chi connectivity index (χ2n) is 5.04. The fourth-order valence-corrected chi connectivity index (χ4v) is 2.42. The zero-order valence-electron chi connectivity index (χ0n) is 12.2. The van der Waals surface area contributed by atoms with E-state index >= 15 is 0 Å². The van der Waals surface area contributed by atoms with Gasteiger partial charge in [-0.25, -0.2) is 9.78 Å². The van der Waals surface area contributed by atoms with E-state index in [2.05, 4.69) is 16.4 Å². The summed E-state index contributed by atoms with van der Waals surface area (Å²) in [5, 5.41) is 4.36. The topological polar surface area (TPSA) is 51.9 Å². The summed E-state index contributed by atoms with van der Waals surface area (Å²) in [6.45, 7) is 3.34. The van der Waals surface area contributed by atoms with E-state index in [1.54, 1.807) is 28.6 Å². The van der Waals surface area contributed by atoms with Crippen LogP contribution in [0.25, 0.3) is 10.9 Å². The number of hydrogen-bond acceptors (Lipinski definition) is 3. The predicted octanol–water partition coefficient (Wildman–Crippen LogP) is 2.22. The standard InChI is InChI=1S/C16H18N4O/c1-3-17-15-13(11-20-9-8-19(2)16(20)21)10-12-6-4-5-7-14(12)18-15/h4-10H,3,11H2,1-2H3,(H,17,18). The minimum absolute atomic E-state index is 0.0226. The maximum atomic E-state index is 12.0. The van der Waals surface area contributed by atoms with Gasteiger partial charge in [0.25, 0.3) is 0 Å². The number of anilines is 1. The normalized spacial score (nSPS) is 11.0. The van der Waals surface area contributed by atoms with Gasteiger partial charge in [-0.15, -0.1) is 0 Å². The SMILES string of the molecule is CCNc1nc2ccccc2cc1Cn1ccn(C)c1=O. The number of hydrogen-bond donors (Lipinski definition) is 1. The van der Waals surface area contributed by atoms with Crippen molar-refractivity contribution in [3.05, 3.63) is 58.8 Å². The molecule has 0 amide bonds. The first-order valence-corrected chi connectivity index (χ1v) is 7.03. The Morgan fingerprint density at radius 3 is 2.76 bits per heavy atom. The Balaban J connectivity index is 2.08. The fourth-order valence-electron chi connectivity index (χ4n) is 2.42. The van der Waals surface area contributed by atoms with Gasteiger partial charge in [0.15, 0.2) is 0 Å². The first kappa shape index (κ1) is 13.4. The molecule has 0 saturated heterocycles. The van der Waals surface area contributed by atoms with Gasteiger partial charge in [-0.3, -0.25) is 4.57 Å². The molecule has 0 saturated carbocycles. The quantitative estimate of drug-likeness (QED) is 0.798. The van der Waals surface area contributed by atoms with Crippen LogP contribution in [0.5, 0.6) is 0 Å². The lowest BCUT2D eigenvalue weighted by molar-refractivity contribution is 0.717. The van der Waals surface area contributed by atoms with E-state index < -0.39 is 0 Å². The Labute approximate surface area is 122 Å². The van der Waals surface area contributed by atoms with Crippen LogP contribution in [0.2, 0.25) is 0 Å². The molecule has 21 heavy (non-hydrogen) atoms. The van der Waals surface area contributed by atoms with E-state index in [-0.39, 0.29) is 5.69 Å². The maximum absolute atomic E-state index is 12.0. The molecule has 1 N–H and O–H groups in total. The summed E-state index contributed by atoms with van der Waals surface area (Å²) in [6, 6.07) is 10.1. The number of rotatable bonds is 4. The molecular formula is C16H18N4O. The summed E-state index contributed by atoms with van der Waals surface area (Å²) in [6.07, 6.45) is 3.57. The molecule has 0 bridgehead atoms. The molecule has 0 aliphatic carbocycles. The molecule has 3 rings (SSSR count). The molecule has 0 aliphatic rings. The summed E-state index contributed by atoms with van der Waals surface area (Å²) in [7, 11) is 1.75. The van der Waals surface area contributed by atoms with Gasteiger partial charge in [-0.1, -0.05) is 18.2 Å². The highest BCUT2D eigenvalue weighted by molar-refractivity contribution is 5.81. The maximum Gasteiger partial charge on any atom is 0.328 e. The van der Waals surface area contributed by atoms with Gasteiger partial charge >= 0.3 is 5.69 Å². The van der Waals surface area contributed by atoms with Crippen LogP contribution in [0.4, 0.5) is 5.82 Å². The van der Waals surface area contributed by atoms with Crippen LogP contribution in [-0.2, 0) is 13.6 Å². The molecule has 5 nitrogen and oxygen atoms in total. The Bertz CT molecular complexity index is 832. The second kappa shape index (κ2) is 5.44. The number of aryl methyl sites for hydroxylation is 1. The molecule has 3 aromatic rings.